The van der Waals surface area contributed by atoms with Crippen molar-refractivity contribution < 1.29 is 20.1 Å². The number of nitrogens with two attached hydrogens (primary N) is 1. The number of nitrogen functional groups attached to an aromatic ring is 1. The van der Waals surface area contributed by atoms with Crippen molar-refractivity contribution in [2.45, 2.75) is 31.0 Å². The van der Waals surface area contributed by atoms with E-state index >= 15 is 0 Å². The molecule has 0 amide bonds. The fourth-order valence-electron chi connectivity index (χ4n) is 2.50. The van der Waals surface area contributed by atoms with Crippen LogP contribution in [-0.2, 0) is 4.74 Å². The van der Waals surface area contributed by atoms with Gasteiger partial charge in [0.05, 0.1) is 12.9 Å². The molecule has 0 aromatic carbocycles. The molecule has 0 aliphatic carbocycles. The Balaban J connectivity index is 2.15. The topological polar surface area (TPSA) is 160 Å². The van der Waals surface area contributed by atoms with Crippen LogP contribution in [0, 0.1) is 0 Å². The third-order valence-electron chi connectivity index (χ3n) is 3.64. The molecule has 1 aliphatic heterocycles. The van der Waals surface area contributed by atoms with Crippen molar-refractivity contribution in [2.24, 2.45) is 0 Å². The molecule has 21 heavy (non-hydrogen) atoms. The average molecular weight is 297 g/mol. The van der Waals surface area contributed by atoms with Gasteiger partial charge < -0.3 is 25.8 Å². The van der Waals surface area contributed by atoms with Gasteiger partial charge in [-0.15, -0.1) is 0 Å². The fourth-order valence-corrected chi connectivity index (χ4v) is 2.50. The van der Waals surface area contributed by atoms with E-state index in [-0.39, 0.29) is 17.1 Å². The SMILES string of the molecule is CC1(O)C(n2cnc3c(=O)[nH]c(N)nc32)OC(CO)[C@@H]1O. The number of hydrogen-bond donors (Lipinski definition) is 5. The van der Waals surface area contributed by atoms with E-state index in [4.69, 9.17) is 10.5 Å². The van der Waals surface area contributed by atoms with E-state index in [1.165, 1.54) is 17.8 Å². The van der Waals surface area contributed by atoms with Crippen LogP contribution in [0.2, 0.25) is 0 Å². The predicted octanol–water partition coefficient (Wildman–Crippen LogP) is -2.30. The third kappa shape index (κ3) is 1.92. The Morgan fingerprint density at radius 1 is 1.62 bits per heavy atom. The van der Waals surface area contributed by atoms with Gasteiger partial charge in [-0.25, -0.2) is 4.98 Å². The quantitative estimate of drug-likeness (QED) is 0.414. The van der Waals surface area contributed by atoms with E-state index in [1.807, 2.05) is 0 Å². The number of nitrogens with one attached hydrogen (secondary N) is 1. The Morgan fingerprint density at radius 3 is 2.95 bits per heavy atom. The highest BCUT2D eigenvalue weighted by Crippen LogP contribution is 2.38. The molecule has 10 heteroatoms. The number of hydrogen-bond acceptors (Lipinski definition) is 8. The summed E-state index contributed by atoms with van der Waals surface area (Å²) in [4.78, 5) is 21.9. The number of H-pyrrole nitrogens is 1. The molecule has 114 valence electrons. The van der Waals surface area contributed by atoms with E-state index in [9.17, 15) is 20.1 Å². The number of aliphatic hydroxyl groups excluding tert-OH is 2. The summed E-state index contributed by atoms with van der Waals surface area (Å²) in [6.07, 6.45) is -2.06. The Labute approximate surface area is 117 Å². The van der Waals surface area contributed by atoms with Crippen molar-refractivity contribution in [1.29, 1.82) is 0 Å². The second-order valence-electron chi connectivity index (χ2n) is 5.16. The van der Waals surface area contributed by atoms with Crippen molar-refractivity contribution in [3.63, 3.8) is 0 Å². The van der Waals surface area contributed by atoms with E-state index in [2.05, 4.69) is 15.0 Å². The summed E-state index contributed by atoms with van der Waals surface area (Å²) < 4.78 is 6.76. The number of aliphatic hydroxyl groups is 3. The summed E-state index contributed by atoms with van der Waals surface area (Å²) in [7, 11) is 0. The van der Waals surface area contributed by atoms with Gasteiger partial charge in [-0.3, -0.25) is 14.3 Å². The Bertz CT molecular complexity index is 738. The Morgan fingerprint density at radius 2 is 2.33 bits per heavy atom. The third-order valence-corrected chi connectivity index (χ3v) is 3.64. The van der Waals surface area contributed by atoms with Crippen LogP contribution in [0.4, 0.5) is 5.95 Å². The number of nitrogens with zero attached hydrogens (tertiary/aromatic N) is 3. The number of ether oxygens (including phenoxy) is 1. The molecule has 1 saturated heterocycles. The van der Waals surface area contributed by atoms with Crippen molar-refractivity contribution >= 4 is 17.1 Å². The van der Waals surface area contributed by atoms with Crippen LogP contribution in [0.1, 0.15) is 13.2 Å². The predicted molar refractivity (Wildman–Crippen MR) is 70.2 cm³/mol. The minimum atomic E-state index is -1.69. The highest BCUT2D eigenvalue weighted by Gasteiger charge is 2.53. The van der Waals surface area contributed by atoms with Gasteiger partial charge in [-0.1, -0.05) is 0 Å². The lowest BCUT2D eigenvalue weighted by atomic mass is 9.96. The van der Waals surface area contributed by atoms with Crippen LogP contribution in [0.25, 0.3) is 11.2 Å². The maximum Gasteiger partial charge on any atom is 0.280 e. The fraction of sp³-hybridized carbons (Fsp3) is 0.545. The highest BCUT2D eigenvalue weighted by atomic mass is 16.6. The molecule has 3 rings (SSSR count). The molecular formula is C11H15N5O5. The molecule has 0 spiro atoms. The standard InChI is InChI=1S/C11H15N5O5/c1-11(20)6(18)4(2-17)21-9(11)16-3-13-5-7(16)14-10(12)15-8(5)19/h3-4,6,9,17-18,20H,2H2,1H3,(H3,12,14,15,19)/t4?,6-,9?,11?/m0/s1. The number of fused-ring (bicyclic) bond motifs is 1. The summed E-state index contributed by atoms with van der Waals surface area (Å²) in [5, 5.41) is 29.6. The molecule has 3 heterocycles. The molecule has 0 bridgehead atoms. The zero-order chi connectivity index (χ0) is 15.4. The first-order chi connectivity index (χ1) is 9.86. The minimum Gasteiger partial charge on any atom is -0.394 e. The number of aromatic amines is 1. The summed E-state index contributed by atoms with van der Waals surface area (Å²) in [6, 6.07) is 0. The van der Waals surface area contributed by atoms with Crippen molar-refractivity contribution in [3.05, 3.63) is 16.7 Å². The lowest BCUT2D eigenvalue weighted by Gasteiger charge is -2.27. The van der Waals surface area contributed by atoms with Crippen LogP contribution < -0.4 is 11.3 Å². The molecule has 0 saturated carbocycles. The number of rotatable bonds is 2. The number of imidazole rings is 1. The molecule has 3 unspecified atom stereocenters. The van der Waals surface area contributed by atoms with Gasteiger partial charge in [0.1, 0.15) is 17.8 Å². The maximum atomic E-state index is 11.7. The molecular weight excluding hydrogens is 282 g/mol. The molecule has 1 aliphatic rings. The zero-order valence-electron chi connectivity index (χ0n) is 11.1. The number of aromatic nitrogens is 4. The molecule has 2 aromatic rings. The van der Waals surface area contributed by atoms with Gasteiger partial charge in [0, 0.05) is 0 Å². The van der Waals surface area contributed by atoms with Crippen LogP contribution in [0.15, 0.2) is 11.1 Å². The summed E-state index contributed by atoms with van der Waals surface area (Å²) in [6.45, 7) is 0.900. The zero-order valence-corrected chi connectivity index (χ0v) is 11.1. The Kier molecular flexibility index (Phi) is 2.99. The normalized spacial score (nSPS) is 32.9. The minimum absolute atomic E-state index is 0.0329. The van der Waals surface area contributed by atoms with E-state index in [1.54, 1.807) is 0 Å². The van der Waals surface area contributed by atoms with E-state index in [0.29, 0.717) is 0 Å². The first kappa shape index (κ1) is 13.9. The van der Waals surface area contributed by atoms with E-state index < -0.39 is 36.2 Å². The van der Waals surface area contributed by atoms with Crippen LogP contribution in [-0.4, -0.2) is 59.3 Å². The first-order valence-electron chi connectivity index (χ1n) is 6.25. The van der Waals surface area contributed by atoms with Crippen molar-refractivity contribution in [3.8, 4) is 0 Å². The monoisotopic (exact) mass is 297 g/mol. The molecule has 1 fully saturated rings. The van der Waals surface area contributed by atoms with Gasteiger partial charge in [0.25, 0.3) is 5.56 Å². The molecule has 2 aromatic heterocycles. The van der Waals surface area contributed by atoms with Gasteiger partial charge in [-0.2, -0.15) is 4.98 Å². The lowest BCUT2D eigenvalue weighted by Crippen LogP contribution is -2.44. The molecule has 4 atom stereocenters. The van der Waals surface area contributed by atoms with Gasteiger partial charge in [-0.05, 0) is 6.92 Å². The van der Waals surface area contributed by atoms with Crippen LogP contribution in [0.3, 0.4) is 0 Å². The van der Waals surface area contributed by atoms with Crippen molar-refractivity contribution in [1.82, 2.24) is 19.5 Å². The van der Waals surface area contributed by atoms with Gasteiger partial charge in [0.2, 0.25) is 5.95 Å². The largest absolute Gasteiger partial charge is 0.394 e. The Hall–Kier alpha value is -2.01. The molecule has 6 N–H and O–H groups in total. The second-order valence-corrected chi connectivity index (χ2v) is 5.16. The summed E-state index contributed by atoms with van der Waals surface area (Å²) >= 11 is 0. The molecule has 10 nitrogen and oxygen atoms in total. The second kappa shape index (κ2) is 4.49. The van der Waals surface area contributed by atoms with Crippen molar-refractivity contribution in [2.75, 3.05) is 12.3 Å². The first-order valence-corrected chi connectivity index (χ1v) is 6.25. The lowest BCUT2D eigenvalue weighted by molar-refractivity contribution is -0.0950. The van der Waals surface area contributed by atoms with Gasteiger partial charge >= 0.3 is 0 Å². The van der Waals surface area contributed by atoms with E-state index in [0.717, 1.165) is 0 Å². The highest BCUT2D eigenvalue weighted by molar-refractivity contribution is 5.70. The summed E-state index contributed by atoms with van der Waals surface area (Å²) in [5.74, 6) is -0.105. The smallest absolute Gasteiger partial charge is 0.280 e. The maximum absolute atomic E-state index is 11.7. The van der Waals surface area contributed by atoms with Gasteiger partial charge in [0.15, 0.2) is 17.4 Å². The summed E-state index contributed by atoms with van der Waals surface area (Å²) in [5.41, 5.74) is 3.44. The van der Waals surface area contributed by atoms with Crippen LogP contribution in [0.5, 0.6) is 0 Å². The molecule has 0 radical (unpaired) electrons. The number of anilines is 1. The van der Waals surface area contributed by atoms with Crippen LogP contribution >= 0.6 is 0 Å². The average Bonchev–Trinajstić information content (AvgIpc) is 2.91.